The van der Waals surface area contributed by atoms with Crippen LogP contribution >= 0.6 is 0 Å². The number of rotatable bonds is 5. The van der Waals surface area contributed by atoms with Crippen LogP contribution in [-0.4, -0.2) is 32.5 Å². The van der Waals surface area contributed by atoms with Gasteiger partial charge in [0.1, 0.15) is 5.82 Å². The van der Waals surface area contributed by atoms with Crippen molar-refractivity contribution in [3.8, 4) is 0 Å². The summed E-state index contributed by atoms with van der Waals surface area (Å²) in [6.07, 6.45) is -0.568. The monoisotopic (exact) mass is 255 g/mol. The van der Waals surface area contributed by atoms with Crippen molar-refractivity contribution in [3.05, 3.63) is 35.1 Å². The lowest BCUT2D eigenvalue weighted by Crippen LogP contribution is -2.43. The molecule has 100 valence electrons. The van der Waals surface area contributed by atoms with Gasteiger partial charge in [-0.05, 0) is 26.0 Å². The number of hydrogen-bond acceptors (Lipinski definition) is 3. The molecule has 0 bridgehead atoms. The van der Waals surface area contributed by atoms with E-state index in [-0.39, 0.29) is 11.6 Å². The first-order chi connectivity index (χ1) is 8.49. The van der Waals surface area contributed by atoms with Crippen LogP contribution in [0.3, 0.4) is 0 Å². The number of carbonyl (C=O) groups is 1. The highest BCUT2D eigenvalue weighted by Gasteiger charge is 2.20. The third-order valence-electron chi connectivity index (χ3n) is 2.60. The van der Waals surface area contributed by atoms with E-state index in [4.69, 9.17) is 9.47 Å². The molecule has 1 atom stereocenters. The van der Waals surface area contributed by atoms with E-state index < -0.39 is 18.0 Å². The van der Waals surface area contributed by atoms with Gasteiger partial charge < -0.3 is 14.8 Å². The molecule has 1 aromatic rings. The first-order valence-electron chi connectivity index (χ1n) is 5.62. The van der Waals surface area contributed by atoms with Gasteiger partial charge in [0.15, 0.2) is 6.29 Å². The van der Waals surface area contributed by atoms with Crippen molar-refractivity contribution in [1.82, 2.24) is 5.32 Å². The molecule has 5 heteroatoms. The number of carbonyl (C=O) groups excluding carboxylic acids is 1. The Morgan fingerprint density at radius 3 is 2.50 bits per heavy atom. The molecular weight excluding hydrogens is 237 g/mol. The number of benzene rings is 1. The van der Waals surface area contributed by atoms with Crippen molar-refractivity contribution < 1.29 is 18.7 Å². The van der Waals surface area contributed by atoms with Gasteiger partial charge in [-0.15, -0.1) is 0 Å². The second kappa shape index (κ2) is 6.47. The van der Waals surface area contributed by atoms with E-state index in [1.807, 2.05) is 0 Å². The molecule has 0 aliphatic rings. The van der Waals surface area contributed by atoms with Gasteiger partial charge in [0.25, 0.3) is 5.91 Å². The maximum absolute atomic E-state index is 13.5. The van der Waals surface area contributed by atoms with Crippen LogP contribution in [-0.2, 0) is 9.47 Å². The third kappa shape index (κ3) is 3.51. The zero-order valence-electron chi connectivity index (χ0n) is 11.0. The fourth-order valence-corrected chi connectivity index (χ4v) is 1.67. The van der Waals surface area contributed by atoms with E-state index in [0.29, 0.717) is 0 Å². The average molecular weight is 255 g/mol. The van der Waals surface area contributed by atoms with Gasteiger partial charge in [0.05, 0.1) is 11.6 Å². The molecule has 4 nitrogen and oxygen atoms in total. The Bertz CT molecular complexity index is 419. The zero-order chi connectivity index (χ0) is 13.7. The molecule has 0 aliphatic heterocycles. The highest BCUT2D eigenvalue weighted by Crippen LogP contribution is 2.10. The topological polar surface area (TPSA) is 47.6 Å². The molecule has 0 radical (unpaired) electrons. The highest BCUT2D eigenvalue weighted by molar-refractivity contribution is 5.94. The zero-order valence-corrected chi connectivity index (χ0v) is 11.0. The van der Waals surface area contributed by atoms with Crippen LogP contribution in [0.2, 0.25) is 0 Å². The second-order valence-electron chi connectivity index (χ2n) is 4.09. The quantitative estimate of drug-likeness (QED) is 0.817. The summed E-state index contributed by atoms with van der Waals surface area (Å²) in [7, 11) is 2.95. The molecule has 0 heterocycles. The molecule has 0 fully saturated rings. The molecule has 1 rings (SSSR count). The lowest BCUT2D eigenvalue weighted by atomic mass is 10.1. The van der Waals surface area contributed by atoms with Crippen molar-refractivity contribution in [1.29, 1.82) is 0 Å². The Labute approximate surface area is 106 Å². The first kappa shape index (κ1) is 14.6. The van der Waals surface area contributed by atoms with Crippen LogP contribution in [0.4, 0.5) is 4.39 Å². The Balaban J connectivity index is 2.79. The van der Waals surface area contributed by atoms with Crippen LogP contribution in [0.1, 0.15) is 22.8 Å². The van der Waals surface area contributed by atoms with Crippen LogP contribution < -0.4 is 5.32 Å². The number of hydrogen-bond donors (Lipinski definition) is 1. The number of nitrogens with one attached hydrogen (secondary N) is 1. The summed E-state index contributed by atoms with van der Waals surface area (Å²) in [4.78, 5) is 11.9. The van der Waals surface area contributed by atoms with E-state index >= 15 is 0 Å². The number of amides is 1. The Hall–Kier alpha value is -1.46. The number of methoxy groups -OCH3 is 2. The van der Waals surface area contributed by atoms with Crippen LogP contribution in [0.25, 0.3) is 0 Å². The second-order valence-corrected chi connectivity index (χ2v) is 4.09. The molecule has 0 aliphatic carbocycles. The fraction of sp³-hybridized carbons (Fsp3) is 0.462. The normalized spacial score (nSPS) is 12.6. The Morgan fingerprint density at radius 2 is 1.94 bits per heavy atom. The predicted octanol–water partition coefficient (Wildman–Crippen LogP) is 1.87. The molecular formula is C13H18FNO3. The van der Waals surface area contributed by atoms with Gasteiger partial charge in [0.2, 0.25) is 0 Å². The van der Waals surface area contributed by atoms with Crippen molar-refractivity contribution in [3.63, 3.8) is 0 Å². The van der Waals surface area contributed by atoms with Gasteiger partial charge in [0, 0.05) is 14.2 Å². The lowest BCUT2D eigenvalue weighted by molar-refractivity contribution is -0.117. The minimum Gasteiger partial charge on any atom is -0.354 e. The molecule has 0 saturated carbocycles. The predicted molar refractivity (Wildman–Crippen MR) is 65.9 cm³/mol. The van der Waals surface area contributed by atoms with E-state index in [0.717, 1.165) is 5.56 Å². The number of aryl methyl sites for hydroxylation is 1. The largest absolute Gasteiger partial charge is 0.354 e. The summed E-state index contributed by atoms with van der Waals surface area (Å²) < 4.78 is 23.6. The van der Waals surface area contributed by atoms with Crippen molar-refractivity contribution >= 4 is 5.91 Å². The minimum atomic E-state index is -0.568. The molecule has 0 aromatic heterocycles. The number of ether oxygens (including phenoxy) is 2. The Morgan fingerprint density at radius 1 is 1.33 bits per heavy atom. The average Bonchev–Trinajstić information content (AvgIpc) is 2.33. The van der Waals surface area contributed by atoms with Gasteiger partial charge in [-0.25, -0.2) is 4.39 Å². The van der Waals surface area contributed by atoms with E-state index in [1.165, 1.54) is 26.4 Å². The molecule has 1 aromatic carbocycles. The summed E-state index contributed by atoms with van der Waals surface area (Å²) >= 11 is 0. The van der Waals surface area contributed by atoms with Gasteiger partial charge >= 0.3 is 0 Å². The molecule has 1 N–H and O–H groups in total. The standard InChI is InChI=1S/C13H18FNO3/c1-8-5-6-11(14)10(7-8)12(16)15-9(2)13(17-3)18-4/h5-7,9,13H,1-4H3,(H,15,16). The van der Waals surface area contributed by atoms with Crippen LogP contribution in [0, 0.1) is 12.7 Å². The maximum Gasteiger partial charge on any atom is 0.254 e. The van der Waals surface area contributed by atoms with Crippen molar-refractivity contribution in [2.45, 2.75) is 26.2 Å². The molecule has 1 amide bonds. The van der Waals surface area contributed by atoms with Crippen LogP contribution in [0.5, 0.6) is 0 Å². The molecule has 18 heavy (non-hydrogen) atoms. The molecule has 1 unspecified atom stereocenters. The summed E-state index contributed by atoms with van der Waals surface area (Å²) in [5, 5.41) is 2.64. The van der Waals surface area contributed by atoms with Crippen LogP contribution in [0.15, 0.2) is 18.2 Å². The SMILES string of the molecule is COC(OC)C(C)NC(=O)c1cc(C)ccc1F. The van der Waals surface area contributed by atoms with Gasteiger partial charge in [-0.1, -0.05) is 11.6 Å². The smallest absolute Gasteiger partial charge is 0.254 e. The maximum atomic E-state index is 13.5. The summed E-state index contributed by atoms with van der Waals surface area (Å²) in [5.41, 5.74) is 0.844. The fourth-order valence-electron chi connectivity index (χ4n) is 1.67. The minimum absolute atomic E-state index is 0.0211. The third-order valence-corrected chi connectivity index (χ3v) is 2.60. The highest BCUT2D eigenvalue weighted by atomic mass is 19.1. The molecule has 0 spiro atoms. The molecule has 0 saturated heterocycles. The summed E-state index contributed by atoms with van der Waals surface area (Å²) in [5.74, 6) is -1.03. The summed E-state index contributed by atoms with van der Waals surface area (Å²) in [6.45, 7) is 3.52. The Kier molecular flexibility index (Phi) is 5.25. The van der Waals surface area contributed by atoms with Crippen molar-refractivity contribution in [2.75, 3.05) is 14.2 Å². The van der Waals surface area contributed by atoms with E-state index in [1.54, 1.807) is 19.9 Å². The lowest BCUT2D eigenvalue weighted by Gasteiger charge is -2.22. The van der Waals surface area contributed by atoms with E-state index in [2.05, 4.69) is 5.32 Å². The van der Waals surface area contributed by atoms with Gasteiger partial charge in [-0.3, -0.25) is 4.79 Å². The first-order valence-corrected chi connectivity index (χ1v) is 5.62. The van der Waals surface area contributed by atoms with Gasteiger partial charge in [-0.2, -0.15) is 0 Å². The number of halogens is 1. The summed E-state index contributed by atoms with van der Waals surface area (Å²) in [6, 6.07) is 4.01. The van der Waals surface area contributed by atoms with Crippen molar-refractivity contribution in [2.24, 2.45) is 0 Å². The van der Waals surface area contributed by atoms with E-state index in [9.17, 15) is 9.18 Å².